The number of carbonyl (C=O) groups is 2. The fraction of sp³-hybridized carbons (Fsp3) is 0.300. The molecule has 1 aromatic heterocycles. The smallest absolute Gasteiger partial charge is 0.231 e. The van der Waals surface area contributed by atoms with Gasteiger partial charge in [-0.25, -0.2) is 0 Å². The number of rotatable bonds is 6. The summed E-state index contributed by atoms with van der Waals surface area (Å²) in [7, 11) is 0. The highest BCUT2D eigenvalue weighted by Crippen LogP contribution is 2.07. The topological polar surface area (TPSA) is 123 Å². The van der Waals surface area contributed by atoms with Crippen LogP contribution in [0.5, 0.6) is 5.75 Å². The Bertz CT molecular complexity index is 389. The van der Waals surface area contributed by atoms with Gasteiger partial charge < -0.3 is 16.6 Å². The Kier molecular flexibility index (Phi) is 4.41. The molecule has 0 fully saturated rings. The predicted octanol–water partition coefficient (Wildman–Crippen LogP) is -1.44. The van der Waals surface area contributed by atoms with E-state index in [1.54, 1.807) is 6.07 Å². The third-order valence-corrected chi connectivity index (χ3v) is 1.95. The number of nitrogens with two attached hydrogens (primary N) is 2. The van der Waals surface area contributed by atoms with E-state index >= 15 is 0 Å². The van der Waals surface area contributed by atoms with Crippen molar-refractivity contribution >= 4 is 11.8 Å². The number of nitrogens with zero attached hydrogens (tertiary/aromatic N) is 2. The lowest BCUT2D eigenvalue weighted by atomic mass is 10.3. The molecule has 0 radical (unpaired) electrons. The van der Waals surface area contributed by atoms with Gasteiger partial charge in [0.15, 0.2) is 0 Å². The maximum atomic E-state index is 10.8. The van der Waals surface area contributed by atoms with E-state index in [9.17, 15) is 9.59 Å². The summed E-state index contributed by atoms with van der Waals surface area (Å²) in [6.07, 6.45) is 1.28. The monoisotopic (exact) mass is 238 g/mol. The molecule has 1 aromatic rings. The molecule has 17 heavy (non-hydrogen) atoms. The number of aromatic hydroxyl groups is 1. The normalized spacial score (nSPS) is 10.4. The second kappa shape index (κ2) is 5.80. The van der Waals surface area contributed by atoms with Gasteiger partial charge >= 0.3 is 0 Å². The summed E-state index contributed by atoms with van der Waals surface area (Å²) in [6.45, 7) is 0.100. The van der Waals surface area contributed by atoms with E-state index in [-0.39, 0.29) is 25.4 Å². The van der Waals surface area contributed by atoms with Crippen LogP contribution in [0.25, 0.3) is 0 Å². The van der Waals surface area contributed by atoms with E-state index in [4.69, 9.17) is 16.6 Å². The molecule has 0 unspecified atom stereocenters. The van der Waals surface area contributed by atoms with E-state index in [0.29, 0.717) is 5.69 Å². The second-order valence-corrected chi connectivity index (χ2v) is 3.59. The van der Waals surface area contributed by atoms with Crippen LogP contribution in [0.2, 0.25) is 0 Å². The van der Waals surface area contributed by atoms with Gasteiger partial charge in [0.2, 0.25) is 11.8 Å². The van der Waals surface area contributed by atoms with Crippen molar-refractivity contribution in [2.45, 2.75) is 6.54 Å². The molecule has 7 nitrogen and oxygen atoms in total. The molecule has 0 saturated heterocycles. The van der Waals surface area contributed by atoms with Crippen molar-refractivity contribution in [2.24, 2.45) is 11.5 Å². The molecule has 1 heterocycles. The van der Waals surface area contributed by atoms with Gasteiger partial charge in [-0.3, -0.25) is 19.5 Å². The van der Waals surface area contributed by atoms with Crippen LogP contribution in [0.4, 0.5) is 0 Å². The molecule has 0 saturated carbocycles. The average Bonchev–Trinajstić information content (AvgIpc) is 2.19. The first-order chi connectivity index (χ1) is 7.97. The molecule has 0 aromatic carbocycles. The molecule has 2 amide bonds. The Morgan fingerprint density at radius 1 is 1.24 bits per heavy atom. The molecular formula is C10H14N4O3. The van der Waals surface area contributed by atoms with Crippen LogP contribution >= 0.6 is 0 Å². The number of aromatic nitrogens is 1. The van der Waals surface area contributed by atoms with Crippen molar-refractivity contribution in [3.63, 3.8) is 0 Å². The summed E-state index contributed by atoms with van der Waals surface area (Å²) in [5.41, 5.74) is 10.7. The van der Waals surface area contributed by atoms with Gasteiger partial charge in [-0.05, 0) is 12.1 Å². The summed E-state index contributed by atoms with van der Waals surface area (Å²) >= 11 is 0. The Labute approximate surface area is 98.0 Å². The zero-order valence-electron chi connectivity index (χ0n) is 9.17. The number of carbonyl (C=O) groups excluding carboxylic acids is 2. The van der Waals surface area contributed by atoms with Crippen molar-refractivity contribution < 1.29 is 14.7 Å². The maximum absolute atomic E-state index is 10.8. The van der Waals surface area contributed by atoms with Crippen molar-refractivity contribution in [1.29, 1.82) is 0 Å². The number of pyridine rings is 1. The minimum Gasteiger partial charge on any atom is -0.506 e. The summed E-state index contributed by atoms with van der Waals surface area (Å²) in [5, 5.41) is 9.06. The van der Waals surface area contributed by atoms with Gasteiger partial charge in [0.25, 0.3) is 0 Å². The van der Waals surface area contributed by atoms with E-state index in [2.05, 4.69) is 4.98 Å². The van der Waals surface area contributed by atoms with Crippen molar-refractivity contribution in [3.05, 3.63) is 24.0 Å². The molecule has 0 atom stereocenters. The standard InChI is InChI=1S/C10H14N4O3/c11-9(16)5-14(6-10(12)17)4-7-1-2-8(15)3-13-7/h1-3,15H,4-6H2,(H2,11,16)(H2,12,17). The molecule has 0 bridgehead atoms. The fourth-order valence-corrected chi connectivity index (χ4v) is 1.35. The lowest BCUT2D eigenvalue weighted by Gasteiger charge is -2.18. The van der Waals surface area contributed by atoms with Crippen molar-refractivity contribution in [3.8, 4) is 5.75 Å². The third kappa shape index (κ3) is 4.94. The second-order valence-electron chi connectivity index (χ2n) is 3.59. The number of hydrogen-bond acceptors (Lipinski definition) is 5. The van der Waals surface area contributed by atoms with Gasteiger partial charge in [-0.15, -0.1) is 0 Å². The van der Waals surface area contributed by atoms with Crippen LogP contribution in [-0.2, 0) is 16.1 Å². The highest BCUT2D eigenvalue weighted by molar-refractivity contribution is 5.79. The molecule has 92 valence electrons. The molecule has 5 N–H and O–H groups in total. The fourth-order valence-electron chi connectivity index (χ4n) is 1.35. The molecule has 0 spiro atoms. The number of primary amides is 2. The summed E-state index contributed by atoms with van der Waals surface area (Å²) < 4.78 is 0. The van der Waals surface area contributed by atoms with Gasteiger partial charge in [-0.2, -0.15) is 0 Å². The molecule has 7 heteroatoms. The zero-order valence-corrected chi connectivity index (χ0v) is 9.17. The van der Waals surface area contributed by atoms with E-state index in [0.717, 1.165) is 0 Å². The zero-order chi connectivity index (χ0) is 12.8. The largest absolute Gasteiger partial charge is 0.506 e. The minimum atomic E-state index is -0.551. The van der Waals surface area contributed by atoms with E-state index in [1.165, 1.54) is 17.2 Å². The number of amides is 2. The highest BCUT2D eigenvalue weighted by Gasteiger charge is 2.12. The lowest BCUT2D eigenvalue weighted by molar-refractivity contribution is -0.122. The molecule has 1 rings (SSSR count). The van der Waals surface area contributed by atoms with Crippen LogP contribution in [0.3, 0.4) is 0 Å². The molecule has 0 aliphatic carbocycles. The maximum Gasteiger partial charge on any atom is 0.231 e. The van der Waals surface area contributed by atoms with E-state index < -0.39 is 11.8 Å². The van der Waals surface area contributed by atoms with Gasteiger partial charge in [0.05, 0.1) is 25.0 Å². The summed E-state index contributed by atoms with van der Waals surface area (Å²) in [4.78, 5) is 27.0. The van der Waals surface area contributed by atoms with Gasteiger partial charge in [0, 0.05) is 6.54 Å². The Morgan fingerprint density at radius 2 is 1.82 bits per heavy atom. The molecule has 0 aliphatic rings. The number of hydrogen-bond donors (Lipinski definition) is 3. The highest BCUT2D eigenvalue weighted by atomic mass is 16.3. The van der Waals surface area contributed by atoms with Crippen LogP contribution in [0.15, 0.2) is 18.3 Å². The molecule has 0 aliphatic heterocycles. The van der Waals surface area contributed by atoms with E-state index in [1.807, 2.05) is 0 Å². The van der Waals surface area contributed by atoms with Gasteiger partial charge in [-0.1, -0.05) is 0 Å². The first-order valence-electron chi connectivity index (χ1n) is 4.90. The quantitative estimate of drug-likeness (QED) is 0.560. The minimum absolute atomic E-state index is 0.0464. The summed E-state index contributed by atoms with van der Waals surface area (Å²) in [5.74, 6) is -1.06. The van der Waals surface area contributed by atoms with Crippen LogP contribution in [0, 0.1) is 0 Å². The average molecular weight is 238 g/mol. The Morgan fingerprint density at radius 3 is 2.24 bits per heavy atom. The predicted molar refractivity (Wildman–Crippen MR) is 59.6 cm³/mol. The van der Waals surface area contributed by atoms with Crippen LogP contribution < -0.4 is 11.5 Å². The van der Waals surface area contributed by atoms with Crippen LogP contribution in [0.1, 0.15) is 5.69 Å². The van der Waals surface area contributed by atoms with Crippen molar-refractivity contribution in [1.82, 2.24) is 9.88 Å². The Balaban J connectivity index is 2.67. The lowest BCUT2D eigenvalue weighted by Crippen LogP contribution is -2.39. The Hall–Kier alpha value is -2.15. The van der Waals surface area contributed by atoms with Crippen molar-refractivity contribution in [2.75, 3.05) is 13.1 Å². The summed E-state index contributed by atoms with van der Waals surface area (Å²) in [6, 6.07) is 3.05. The molecular weight excluding hydrogens is 224 g/mol. The SMILES string of the molecule is NC(=O)CN(CC(N)=O)Cc1ccc(O)cn1. The first-order valence-corrected chi connectivity index (χ1v) is 4.90. The third-order valence-electron chi connectivity index (χ3n) is 1.95. The van der Waals surface area contributed by atoms with Crippen LogP contribution in [-0.4, -0.2) is 39.9 Å². The first kappa shape index (κ1) is 12.9. The van der Waals surface area contributed by atoms with Gasteiger partial charge in [0.1, 0.15) is 5.75 Å².